The molecule has 6 heteroatoms. The molecule has 2 unspecified atom stereocenters. The summed E-state index contributed by atoms with van der Waals surface area (Å²) in [6, 6.07) is 7.12. The van der Waals surface area contributed by atoms with Gasteiger partial charge in [-0.05, 0) is 31.4 Å². The van der Waals surface area contributed by atoms with Crippen LogP contribution in [0.1, 0.15) is 20.3 Å². The molecule has 21 heavy (non-hydrogen) atoms. The molecule has 0 aromatic heterocycles. The van der Waals surface area contributed by atoms with Crippen LogP contribution in [-0.2, 0) is 9.59 Å². The van der Waals surface area contributed by atoms with Crippen LogP contribution in [0.25, 0.3) is 0 Å². The summed E-state index contributed by atoms with van der Waals surface area (Å²) in [5.74, 6) is 0.940. The normalized spacial score (nSPS) is 19.5. The van der Waals surface area contributed by atoms with E-state index in [9.17, 15) is 9.59 Å². The van der Waals surface area contributed by atoms with Crippen LogP contribution in [0, 0.1) is 11.8 Å². The Morgan fingerprint density at radius 3 is 2.38 bits per heavy atom. The lowest BCUT2D eigenvalue weighted by Crippen LogP contribution is -2.44. The van der Waals surface area contributed by atoms with Crippen LogP contribution in [0.2, 0.25) is 0 Å². The molecule has 0 spiro atoms. The highest BCUT2D eigenvalue weighted by Crippen LogP contribution is 2.37. The lowest BCUT2D eigenvalue weighted by molar-refractivity contribution is -0.130. The predicted octanol–water partition coefficient (Wildman–Crippen LogP) is 1.27. The van der Waals surface area contributed by atoms with Gasteiger partial charge >= 0.3 is 0 Å². The first-order valence-electron chi connectivity index (χ1n) is 7.05. The summed E-state index contributed by atoms with van der Waals surface area (Å²) in [5, 5.41) is 0. The number of hydrazine groups is 1. The number of ether oxygens (including phenoxy) is 2. The summed E-state index contributed by atoms with van der Waals surface area (Å²) in [6.07, 6.45) is 0.875. The first-order valence-corrected chi connectivity index (χ1v) is 7.05. The summed E-state index contributed by atoms with van der Waals surface area (Å²) >= 11 is 0. The van der Waals surface area contributed by atoms with Gasteiger partial charge in [0.2, 0.25) is 5.91 Å². The second-order valence-corrected chi connectivity index (χ2v) is 5.03. The van der Waals surface area contributed by atoms with E-state index in [1.165, 1.54) is 0 Å². The molecule has 2 amide bonds. The molecular weight excluding hydrogens is 272 g/mol. The third-order valence-electron chi connectivity index (χ3n) is 3.28. The van der Waals surface area contributed by atoms with Crippen molar-refractivity contribution in [1.82, 2.24) is 10.9 Å². The number of para-hydroxylation sites is 2. The zero-order valence-corrected chi connectivity index (χ0v) is 12.2. The average Bonchev–Trinajstić information content (AvgIpc) is 3.21. The van der Waals surface area contributed by atoms with Crippen LogP contribution in [0.5, 0.6) is 11.5 Å². The van der Waals surface area contributed by atoms with Crippen LogP contribution in [0.3, 0.4) is 0 Å². The number of carbonyl (C=O) groups is 2. The van der Waals surface area contributed by atoms with Gasteiger partial charge in [0.1, 0.15) is 0 Å². The zero-order chi connectivity index (χ0) is 15.2. The van der Waals surface area contributed by atoms with E-state index in [1.807, 2.05) is 19.9 Å². The molecule has 0 radical (unpaired) electrons. The molecule has 2 atom stereocenters. The van der Waals surface area contributed by atoms with Gasteiger partial charge in [-0.1, -0.05) is 19.1 Å². The van der Waals surface area contributed by atoms with Gasteiger partial charge in [0.15, 0.2) is 18.1 Å². The van der Waals surface area contributed by atoms with E-state index in [0.29, 0.717) is 24.0 Å². The number of rotatable bonds is 6. The molecule has 0 aliphatic heterocycles. The second kappa shape index (κ2) is 6.97. The maximum Gasteiger partial charge on any atom is 0.276 e. The maximum atomic E-state index is 11.6. The van der Waals surface area contributed by atoms with Gasteiger partial charge in [-0.2, -0.15) is 0 Å². The number of hydrogen-bond acceptors (Lipinski definition) is 4. The van der Waals surface area contributed by atoms with Crippen LogP contribution in [-0.4, -0.2) is 25.0 Å². The molecule has 2 rings (SSSR count). The third-order valence-corrected chi connectivity index (χ3v) is 3.28. The summed E-state index contributed by atoms with van der Waals surface area (Å²) in [6.45, 7) is 4.20. The average molecular weight is 292 g/mol. The summed E-state index contributed by atoms with van der Waals surface area (Å²) in [4.78, 5) is 23.2. The van der Waals surface area contributed by atoms with Gasteiger partial charge in [0, 0.05) is 5.92 Å². The fourth-order valence-electron chi connectivity index (χ4n) is 1.93. The van der Waals surface area contributed by atoms with Crippen molar-refractivity contribution in [3.05, 3.63) is 24.3 Å². The van der Waals surface area contributed by atoms with E-state index in [1.54, 1.807) is 18.2 Å². The van der Waals surface area contributed by atoms with Crippen molar-refractivity contribution in [2.24, 2.45) is 11.8 Å². The Labute approximate surface area is 123 Å². The summed E-state index contributed by atoms with van der Waals surface area (Å²) < 4.78 is 10.8. The van der Waals surface area contributed by atoms with Crippen molar-refractivity contribution in [2.75, 3.05) is 13.2 Å². The van der Waals surface area contributed by atoms with Gasteiger partial charge < -0.3 is 9.47 Å². The van der Waals surface area contributed by atoms with Crippen molar-refractivity contribution >= 4 is 11.8 Å². The largest absolute Gasteiger partial charge is 0.490 e. The van der Waals surface area contributed by atoms with Crippen molar-refractivity contribution < 1.29 is 19.1 Å². The molecule has 1 aromatic rings. The van der Waals surface area contributed by atoms with Crippen LogP contribution < -0.4 is 20.3 Å². The lowest BCUT2D eigenvalue weighted by atomic mass is 10.3. The molecule has 1 aliphatic carbocycles. The Hall–Kier alpha value is -2.24. The van der Waals surface area contributed by atoms with Gasteiger partial charge in [-0.25, -0.2) is 0 Å². The zero-order valence-electron chi connectivity index (χ0n) is 12.2. The van der Waals surface area contributed by atoms with Crippen molar-refractivity contribution in [1.29, 1.82) is 0 Å². The highest BCUT2D eigenvalue weighted by atomic mass is 16.5. The number of hydrogen-bond donors (Lipinski definition) is 2. The Kier molecular flexibility index (Phi) is 5.03. The highest BCUT2D eigenvalue weighted by Gasteiger charge is 2.39. The van der Waals surface area contributed by atoms with Crippen LogP contribution in [0.4, 0.5) is 0 Å². The van der Waals surface area contributed by atoms with Gasteiger partial charge in [-0.3, -0.25) is 20.4 Å². The maximum absolute atomic E-state index is 11.6. The third kappa shape index (κ3) is 4.37. The van der Waals surface area contributed by atoms with E-state index in [4.69, 9.17) is 9.47 Å². The lowest BCUT2D eigenvalue weighted by Gasteiger charge is -2.12. The standard InChI is InChI=1S/C15H20N2O4/c1-3-20-12-6-4-5-7-13(12)21-9-14(18)16-17-15(19)11-8-10(11)2/h4-7,10-11H,3,8-9H2,1-2H3,(H,16,18)(H,17,19). The first kappa shape index (κ1) is 15.2. The topological polar surface area (TPSA) is 76.7 Å². The van der Waals surface area contributed by atoms with E-state index in [-0.39, 0.29) is 18.4 Å². The highest BCUT2D eigenvalue weighted by molar-refractivity contribution is 5.85. The minimum atomic E-state index is -0.414. The molecule has 0 bridgehead atoms. The summed E-state index contributed by atoms with van der Waals surface area (Å²) in [7, 11) is 0. The minimum absolute atomic E-state index is 0.0184. The molecule has 0 heterocycles. The Morgan fingerprint density at radius 2 is 1.81 bits per heavy atom. The number of benzene rings is 1. The van der Waals surface area contributed by atoms with E-state index in [0.717, 1.165) is 6.42 Å². The molecule has 1 aliphatic rings. The molecule has 1 saturated carbocycles. The predicted molar refractivity (Wildman–Crippen MR) is 76.7 cm³/mol. The smallest absolute Gasteiger partial charge is 0.276 e. The molecule has 0 saturated heterocycles. The summed E-state index contributed by atoms with van der Waals surface area (Å²) in [5.41, 5.74) is 4.74. The Balaban J connectivity index is 1.74. The van der Waals surface area contributed by atoms with Gasteiger partial charge in [0.05, 0.1) is 6.61 Å². The molecule has 6 nitrogen and oxygen atoms in total. The van der Waals surface area contributed by atoms with Gasteiger partial charge in [0.25, 0.3) is 5.91 Å². The van der Waals surface area contributed by atoms with Crippen LogP contribution >= 0.6 is 0 Å². The molecule has 1 aromatic carbocycles. The van der Waals surface area contributed by atoms with Crippen molar-refractivity contribution in [2.45, 2.75) is 20.3 Å². The molecular formula is C15H20N2O4. The minimum Gasteiger partial charge on any atom is -0.490 e. The second-order valence-electron chi connectivity index (χ2n) is 5.03. The number of nitrogens with one attached hydrogen (secondary N) is 2. The fraction of sp³-hybridized carbons (Fsp3) is 0.467. The van der Waals surface area contributed by atoms with Gasteiger partial charge in [-0.15, -0.1) is 0 Å². The fourth-order valence-corrected chi connectivity index (χ4v) is 1.93. The quantitative estimate of drug-likeness (QED) is 0.774. The monoisotopic (exact) mass is 292 g/mol. The van der Waals surface area contributed by atoms with Crippen molar-refractivity contribution in [3.63, 3.8) is 0 Å². The Morgan fingerprint density at radius 1 is 1.19 bits per heavy atom. The number of amides is 2. The molecule has 114 valence electrons. The number of carbonyl (C=O) groups excluding carboxylic acids is 2. The van der Waals surface area contributed by atoms with Crippen molar-refractivity contribution in [3.8, 4) is 11.5 Å². The van der Waals surface area contributed by atoms with E-state index < -0.39 is 5.91 Å². The first-order chi connectivity index (χ1) is 10.1. The SMILES string of the molecule is CCOc1ccccc1OCC(=O)NNC(=O)C1CC1C. The van der Waals surface area contributed by atoms with E-state index in [2.05, 4.69) is 10.9 Å². The van der Waals surface area contributed by atoms with E-state index >= 15 is 0 Å². The molecule has 1 fully saturated rings. The Bertz CT molecular complexity index is 518. The molecule has 2 N–H and O–H groups in total. The van der Waals surface area contributed by atoms with Crippen LogP contribution in [0.15, 0.2) is 24.3 Å².